The highest BCUT2D eigenvalue weighted by Crippen LogP contribution is 2.42. The molecule has 16 heteroatoms. The number of pyridine rings is 1. The van der Waals surface area contributed by atoms with Crippen LogP contribution in [0.1, 0.15) is 15.9 Å². The number of aliphatic carboxylic acids is 1. The Balaban J connectivity index is 1.28. The molecule has 0 aliphatic rings. The van der Waals surface area contributed by atoms with Crippen LogP contribution in [-0.4, -0.2) is 65.8 Å². The number of rotatable bonds is 12. The zero-order valence-corrected chi connectivity index (χ0v) is 27.6. The number of hydrogen-bond acceptors (Lipinski definition) is 9. The van der Waals surface area contributed by atoms with Crippen molar-refractivity contribution in [2.45, 2.75) is 12.5 Å². The maximum atomic E-state index is 15.4. The minimum Gasteiger partial charge on any atom is -0.755 e. The van der Waals surface area contributed by atoms with Gasteiger partial charge in [0.15, 0.2) is 0 Å². The summed E-state index contributed by atoms with van der Waals surface area (Å²) >= 11 is -3.03. The first-order valence-electron chi connectivity index (χ1n) is 15.1. The van der Waals surface area contributed by atoms with Crippen LogP contribution >= 0.6 is 0 Å². The second-order valence-corrected chi connectivity index (χ2v) is 11.8. The number of methoxy groups -OCH3 is 2. The first kappa shape index (κ1) is 34.6. The van der Waals surface area contributed by atoms with Crippen molar-refractivity contribution in [2.24, 2.45) is 0 Å². The molecule has 6 rings (SSSR count). The normalized spacial score (nSPS) is 12.3. The molecule has 4 aromatic carbocycles. The average Bonchev–Trinajstić information content (AvgIpc) is 3.66. The fourth-order valence-electron chi connectivity index (χ4n) is 5.71. The van der Waals surface area contributed by atoms with Crippen LogP contribution < -0.4 is 19.1 Å². The van der Waals surface area contributed by atoms with Crippen LogP contribution in [0.4, 0.5) is 20.2 Å². The highest BCUT2D eigenvalue weighted by atomic mass is 32.2. The Morgan fingerprint density at radius 1 is 0.961 bits per heavy atom. The van der Waals surface area contributed by atoms with Crippen LogP contribution in [0.2, 0.25) is 0 Å². The van der Waals surface area contributed by atoms with Gasteiger partial charge in [0.05, 0.1) is 48.1 Å². The summed E-state index contributed by atoms with van der Waals surface area (Å²) in [6.07, 6.45) is 5.61. The number of benzene rings is 4. The van der Waals surface area contributed by atoms with Gasteiger partial charge in [0.2, 0.25) is 0 Å². The summed E-state index contributed by atoms with van der Waals surface area (Å²) in [7, 11) is 3.04. The van der Waals surface area contributed by atoms with Gasteiger partial charge in [-0.05, 0) is 71.1 Å². The largest absolute Gasteiger partial charge is 0.755 e. The number of fused-ring (bicyclic) bond motifs is 1. The number of nitrogens with zero attached hydrogens (tertiary/aromatic N) is 5. The Labute approximate surface area is 291 Å². The molecule has 2 atom stereocenters. The third-order valence-corrected chi connectivity index (χ3v) is 8.76. The summed E-state index contributed by atoms with van der Waals surface area (Å²) in [5.74, 6) is -4.56. The monoisotopic (exact) mass is 713 g/mol. The number of ether oxygens (including phenoxy) is 2. The van der Waals surface area contributed by atoms with E-state index in [9.17, 15) is 23.5 Å². The van der Waals surface area contributed by atoms with Crippen molar-refractivity contribution in [2.75, 3.05) is 18.5 Å². The molecule has 0 aliphatic heterocycles. The molecule has 13 nitrogen and oxygen atoms in total. The summed E-state index contributed by atoms with van der Waals surface area (Å²) in [5, 5.41) is 17.5. The Kier molecular flexibility index (Phi) is 9.97. The van der Waals surface area contributed by atoms with E-state index >= 15 is 8.78 Å². The van der Waals surface area contributed by atoms with E-state index in [1.165, 1.54) is 62.0 Å². The van der Waals surface area contributed by atoms with Crippen LogP contribution in [0.3, 0.4) is 0 Å². The Bertz CT molecular complexity index is 2230. The topological polar surface area (TPSA) is 172 Å². The van der Waals surface area contributed by atoms with Crippen LogP contribution in [-0.2, 0) is 22.5 Å². The molecule has 0 bridgehead atoms. The molecule has 1 amide bonds. The number of carbonyl (C=O) groups excluding carboxylic acids is 1. The molecule has 0 saturated heterocycles. The van der Waals surface area contributed by atoms with Gasteiger partial charge in [-0.15, -0.1) is 0 Å². The van der Waals surface area contributed by atoms with E-state index in [1.807, 2.05) is 0 Å². The third-order valence-electron chi connectivity index (χ3n) is 8.04. The SMILES string of the molecule is COc1cccc(OC)c1-c1ccc(C[C@H](NC(=O)c2c(F)cc(N(c3ccc(-n4cncn4)cc3)S(=O)[O-])cc2F)C(=O)O)c2ccncc12. The van der Waals surface area contributed by atoms with Crippen molar-refractivity contribution in [3.8, 4) is 28.3 Å². The smallest absolute Gasteiger partial charge is 0.326 e. The van der Waals surface area contributed by atoms with E-state index in [-0.39, 0.29) is 12.1 Å². The molecule has 0 saturated carbocycles. The molecule has 2 heterocycles. The molecule has 51 heavy (non-hydrogen) atoms. The number of carbonyl (C=O) groups is 2. The highest BCUT2D eigenvalue weighted by molar-refractivity contribution is 7.81. The number of carboxylic acids is 1. The molecule has 260 valence electrons. The lowest BCUT2D eigenvalue weighted by Gasteiger charge is -2.27. The Morgan fingerprint density at radius 3 is 2.24 bits per heavy atom. The fourth-order valence-corrected chi connectivity index (χ4v) is 6.28. The molecule has 2 aromatic heterocycles. The standard InChI is InChI=1S/C35H28F2N6O7S/c1-49-30-4-3-5-31(50-2)32(30)25-11-6-20(24-12-13-38-17-26(24)25)14-29(35(45)46)41-34(44)33-27(36)15-23(16-28(33)37)43(51(47)48)22-9-7-21(8-10-22)42-19-39-18-40-42/h3-13,15-19,29H,14H2,1-2H3,(H,41,44)(H,45,46)(H,47,48)/p-1/t29-/m0/s1. The number of aromatic nitrogens is 4. The number of anilines is 2. The molecule has 1 unspecified atom stereocenters. The van der Waals surface area contributed by atoms with Gasteiger partial charge in [-0.1, -0.05) is 18.2 Å². The minimum absolute atomic E-state index is 0.0340. The van der Waals surface area contributed by atoms with E-state index < -0.39 is 52.1 Å². The van der Waals surface area contributed by atoms with Gasteiger partial charge >= 0.3 is 5.97 Å². The quantitative estimate of drug-likeness (QED) is 0.162. The van der Waals surface area contributed by atoms with Crippen molar-refractivity contribution in [1.82, 2.24) is 25.1 Å². The number of nitrogens with one attached hydrogen (secondary N) is 1. The van der Waals surface area contributed by atoms with Gasteiger partial charge in [-0.2, -0.15) is 5.10 Å². The molecular formula is C35H27F2N6O7S-. The summed E-state index contributed by atoms with van der Waals surface area (Å²) in [5.41, 5.74) is 0.885. The van der Waals surface area contributed by atoms with Crippen molar-refractivity contribution >= 4 is 45.3 Å². The van der Waals surface area contributed by atoms with Gasteiger partial charge in [-0.3, -0.25) is 18.3 Å². The maximum absolute atomic E-state index is 15.4. The van der Waals surface area contributed by atoms with E-state index in [0.29, 0.717) is 61.1 Å². The fraction of sp³-hybridized carbons (Fsp3) is 0.114. The molecule has 0 aliphatic carbocycles. The molecule has 0 radical (unpaired) electrons. The van der Waals surface area contributed by atoms with Gasteiger partial charge < -0.3 is 24.4 Å². The van der Waals surface area contributed by atoms with E-state index in [1.54, 1.807) is 42.6 Å². The predicted molar refractivity (Wildman–Crippen MR) is 182 cm³/mol. The Morgan fingerprint density at radius 2 is 1.65 bits per heavy atom. The van der Waals surface area contributed by atoms with Crippen molar-refractivity contribution < 1.29 is 41.7 Å². The van der Waals surface area contributed by atoms with Gasteiger partial charge in [0.25, 0.3) is 5.91 Å². The highest BCUT2D eigenvalue weighted by Gasteiger charge is 2.28. The lowest BCUT2D eigenvalue weighted by molar-refractivity contribution is -0.139. The van der Waals surface area contributed by atoms with Crippen molar-refractivity contribution in [3.63, 3.8) is 0 Å². The van der Waals surface area contributed by atoms with E-state index in [0.717, 1.165) is 0 Å². The number of amides is 1. The predicted octanol–water partition coefficient (Wildman–Crippen LogP) is 5.14. The molecule has 6 aromatic rings. The van der Waals surface area contributed by atoms with Crippen LogP contribution in [0.15, 0.2) is 97.8 Å². The summed E-state index contributed by atoms with van der Waals surface area (Å²) in [6, 6.07) is 16.0. The van der Waals surface area contributed by atoms with Gasteiger partial charge in [-0.25, -0.2) is 23.2 Å². The minimum atomic E-state index is -3.03. The van der Waals surface area contributed by atoms with Crippen LogP contribution in [0.25, 0.3) is 27.6 Å². The molecule has 2 N–H and O–H groups in total. The van der Waals surface area contributed by atoms with Gasteiger partial charge in [0.1, 0.15) is 47.4 Å². The zero-order valence-electron chi connectivity index (χ0n) is 26.8. The van der Waals surface area contributed by atoms with Gasteiger partial charge in [0, 0.05) is 24.2 Å². The van der Waals surface area contributed by atoms with Crippen LogP contribution in [0, 0.1) is 11.6 Å². The first-order chi connectivity index (χ1) is 24.6. The van der Waals surface area contributed by atoms with Crippen molar-refractivity contribution in [1.29, 1.82) is 0 Å². The Hall–Kier alpha value is -6.26. The number of carboxylic acid groups (broad SMARTS) is 1. The first-order valence-corrected chi connectivity index (χ1v) is 16.1. The maximum Gasteiger partial charge on any atom is 0.326 e. The molecule has 0 fully saturated rings. The van der Waals surface area contributed by atoms with E-state index in [2.05, 4.69) is 20.4 Å². The lowest BCUT2D eigenvalue weighted by atomic mass is 9.92. The van der Waals surface area contributed by atoms with Crippen LogP contribution in [0.5, 0.6) is 11.5 Å². The van der Waals surface area contributed by atoms with E-state index in [4.69, 9.17) is 9.47 Å². The number of hydrogen-bond donors (Lipinski definition) is 2. The second kappa shape index (κ2) is 14.7. The molecule has 0 spiro atoms. The summed E-state index contributed by atoms with van der Waals surface area (Å²) in [4.78, 5) is 33.7. The zero-order chi connectivity index (χ0) is 36.2. The summed E-state index contributed by atoms with van der Waals surface area (Å²) < 4.78 is 68.5. The second-order valence-electron chi connectivity index (χ2n) is 11.0. The average molecular weight is 714 g/mol. The van der Waals surface area contributed by atoms with Crippen molar-refractivity contribution in [3.05, 3.63) is 121 Å². The summed E-state index contributed by atoms with van der Waals surface area (Å²) in [6.45, 7) is 0. The third kappa shape index (κ3) is 6.95. The lowest BCUT2D eigenvalue weighted by Crippen LogP contribution is -2.43. The number of halogens is 2. The molecular weight excluding hydrogens is 686 g/mol.